The van der Waals surface area contributed by atoms with Crippen LogP contribution in [-0.2, 0) is 6.18 Å². The van der Waals surface area contributed by atoms with Crippen LogP contribution in [0.2, 0.25) is 0 Å². The van der Waals surface area contributed by atoms with Gasteiger partial charge in [0.05, 0.1) is 29.4 Å². The number of hydrogen-bond donors (Lipinski definition) is 2. The first-order valence-corrected chi connectivity index (χ1v) is 8.71. The number of ether oxygens (including phenoxy) is 1. The lowest BCUT2D eigenvalue weighted by Crippen LogP contribution is -2.05. The molecule has 28 heavy (non-hydrogen) atoms. The summed E-state index contributed by atoms with van der Waals surface area (Å²) in [5, 5.41) is 6.79. The Morgan fingerprint density at radius 3 is 2.57 bits per heavy atom. The summed E-state index contributed by atoms with van der Waals surface area (Å²) < 4.78 is 58.3. The van der Waals surface area contributed by atoms with Gasteiger partial charge in [-0.25, -0.2) is 9.37 Å². The van der Waals surface area contributed by atoms with Gasteiger partial charge < -0.3 is 9.72 Å². The van der Waals surface area contributed by atoms with E-state index >= 15 is 0 Å². The first kappa shape index (κ1) is 18.5. The minimum Gasteiger partial charge on any atom is -0.497 e. The number of alkyl halides is 3. The molecule has 0 spiro atoms. The number of H-pyrrole nitrogens is 2. The fraction of sp³-hybridized carbons (Fsp3) is 0.111. The van der Waals surface area contributed by atoms with Gasteiger partial charge >= 0.3 is 6.18 Å². The molecule has 144 valence electrons. The van der Waals surface area contributed by atoms with Crippen molar-refractivity contribution in [3.8, 4) is 28.5 Å². The van der Waals surface area contributed by atoms with Crippen molar-refractivity contribution in [1.29, 1.82) is 0 Å². The summed E-state index contributed by atoms with van der Waals surface area (Å²) in [6.45, 7) is 0. The maximum Gasteiger partial charge on any atom is 0.417 e. The molecule has 10 heteroatoms. The SMILES string of the molecule is COc1ccc(-c2cc(-c3nc4cc(C(F)(F)F)c(Br)cc4[nH]3)[nH]n2)c(F)c1. The second-order valence-electron chi connectivity index (χ2n) is 5.95. The van der Waals surface area contributed by atoms with Crippen molar-refractivity contribution in [2.75, 3.05) is 7.11 Å². The summed E-state index contributed by atoms with van der Waals surface area (Å²) in [6.07, 6.45) is -4.50. The molecule has 0 atom stereocenters. The predicted octanol–water partition coefficient (Wildman–Crippen LogP) is 5.55. The fourth-order valence-corrected chi connectivity index (χ4v) is 3.35. The van der Waals surface area contributed by atoms with Crippen LogP contribution in [0.3, 0.4) is 0 Å². The molecule has 0 amide bonds. The third-order valence-corrected chi connectivity index (χ3v) is 4.82. The Labute approximate surface area is 163 Å². The van der Waals surface area contributed by atoms with E-state index < -0.39 is 17.6 Å². The minimum absolute atomic E-state index is 0.0895. The Hall–Kier alpha value is -2.88. The fourth-order valence-electron chi connectivity index (χ4n) is 2.79. The largest absolute Gasteiger partial charge is 0.497 e. The van der Waals surface area contributed by atoms with Crippen molar-refractivity contribution in [2.45, 2.75) is 6.18 Å². The number of aromatic nitrogens is 4. The van der Waals surface area contributed by atoms with Gasteiger partial charge in [-0.2, -0.15) is 18.3 Å². The molecule has 0 unspecified atom stereocenters. The lowest BCUT2D eigenvalue weighted by molar-refractivity contribution is -0.138. The van der Waals surface area contributed by atoms with Gasteiger partial charge in [-0.1, -0.05) is 15.9 Å². The monoisotopic (exact) mass is 454 g/mol. The Morgan fingerprint density at radius 1 is 1.11 bits per heavy atom. The van der Waals surface area contributed by atoms with E-state index in [0.717, 1.165) is 6.07 Å². The Kier molecular flexibility index (Phi) is 4.37. The van der Waals surface area contributed by atoms with Crippen LogP contribution >= 0.6 is 15.9 Å². The molecule has 2 aromatic carbocycles. The van der Waals surface area contributed by atoms with E-state index in [4.69, 9.17) is 4.74 Å². The van der Waals surface area contributed by atoms with E-state index in [0.29, 0.717) is 22.7 Å². The molecule has 0 aliphatic rings. The van der Waals surface area contributed by atoms with Crippen LogP contribution in [0.25, 0.3) is 33.8 Å². The molecule has 0 radical (unpaired) electrons. The zero-order valence-electron chi connectivity index (χ0n) is 14.2. The van der Waals surface area contributed by atoms with Crippen molar-refractivity contribution in [2.24, 2.45) is 0 Å². The average molecular weight is 455 g/mol. The van der Waals surface area contributed by atoms with E-state index in [1.54, 1.807) is 12.1 Å². The highest BCUT2D eigenvalue weighted by Gasteiger charge is 2.33. The standard InChI is InChI=1S/C18H11BrF4N4O/c1-28-8-2-3-9(12(20)4-8)13-7-16(27-26-13)17-24-14-5-10(18(21,22)23)11(19)6-15(14)25-17/h2-7H,1H3,(H,24,25)(H,26,27). The first-order chi connectivity index (χ1) is 13.3. The zero-order chi connectivity index (χ0) is 20.1. The molecule has 0 aliphatic carbocycles. The molecule has 0 aliphatic heterocycles. The number of rotatable bonds is 3. The maximum atomic E-state index is 14.2. The molecule has 5 nitrogen and oxygen atoms in total. The van der Waals surface area contributed by atoms with Gasteiger partial charge in [0.15, 0.2) is 5.82 Å². The molecule has 0 bridgehead atoms. The van der Waals surface area contributed by atoms with Gasteiger partial charge in [-0.15, -0.1) is 0 Å². The molecule has 0 saturated heterocycles. The maximum absolute atomic E-state index is 14.2. The van der Waals surface area contributed by atoms with Crippen molar-refractivity contribution >= 4 is 27.0 Å². The van der Waals surface area contributed by atoms with E-state index in [-0.39, 0.29) is 21.4 Å². The number of aromatic amines is 2. The van der Waals surface area contributed by atoms with Crippen LogP contribution < -0.4 is 4.74 Å². The van der Waals surface area contributed by atoms with Gasteiger partial charge in [-0.3, -0.25) is 5.10 Å². The lowest BCUT2D eigenvalue weighted by Gasteiger charge is -2.08. The van der Waals surface area contributed by atoms with Crippen molar-refractivity contribution in [3.63, 3.8) is 0 Å². The summed E-state index contributed by atoms with van der Waals surface area (Å²) in [5.41, 5.74) is 0.739. The normalized spacial score (nSPS) is 11.9. The van der Waals surface area contributed by atoms with Crippen LogP contribution in [0.5, 0.6) is 5.75 Å². The lowest BCUT2D eigenvalue weighted by atomic mass is 10.1. The van der Waals surface area contributed by atoms with E-state index in [1.165, 1.54) is 25.3 Å². The van der Waals surface area contributed by atoms with Gasteiger partial charge in [0.1, 0.15) is 17.3 Å². The highest BCUT2D eigenvalue weighted by Crippen LogP contribution is 2.37. The number of methoxy groups -OCH3 is 1. The molecule has 2 heterocycles. The summed E-state index contributed by atoms with van der Waals surface area (Å²) in [7, 11) is 1.44. The number of imidazole rings is 1. The van der Waals surface area contributed by atoms with E-state index in [2.05, 4.69) is 36.1 Å². The van der Waals surface area contributed by atoms with E-state index in [1.807, 2.05) is 0 Å². The number of nitrogens with zero attached hydrogens (tertiary/aromatic N) is 2. The van der Waals surface area contributed by atoms with Crippen LogP contribution in [0.1, 0.15) is 5.56 Å². The molecular formula is C18H11BrF4N4O. The molecule has 0 saturated carbocycles. The Morgan fingerprint density at radius 2 is 1.89 bits per heavy atom. The van der Waals surface area contributed by atoms with Gasteiger partial charge in [0, 0.05) is 16.1 Å². The van der Waals surface area contributed by atoms with Crippen molar-refractivity contribution < 1.29 is 22.3 Å². The minimum atomic E-state index is -4.50. The summed E-state index contributed by atoms with van der Waals surface area (Å²) in [4.78, 5) is 7.13. The number of benzene rings is 2. The third kappa shape index (κ3) is 3.24. The Balaban J connectivity index is 1.73. The van der Waals surface area contributed by atoms with Crippen molar-refractivity contribution in [1.82, 2.24) is 20.2 Å². The van der Waals surface area contributed by atoms with Crippen LogP contribution in [-0.4, -0.2) is 27.3 Å². The summed E-state index contributed by atoms with van der Waals surface area (Å²) in [6, 6.07) is 8.20. The van der Waals surface area contributed by atoms with Gasteiger partial charge in [0.25, 0.3) is 0 Å². The third-order valence-electron chi connectivity index (χ3n) is 4.16. The molecular weight excluding hydrogens is 444 g/mol. The first-order valence-electron chi connectivity index (χ1n) is 7.92. The van der Waals surface area contributed by atoms with Crippen LogP contribution in [0.4, 0.5) is 17.6 Å². The number of halogens is 5. The number of fused-ring (bicyclic) bond motifs is 1. The van der Waals surface area contributed by atoms with Crippen LogP contribution in [0, 0.1) is 5.82 Å². The second kappa shape index (κ2) is 6.62. The molecule has 4 rings (SSSR count). The molecule has 0 fully saturated rings. The quantitative estimate of drug-likeness (QED) is 0.399. The molecule has 2 N–H and O–H groups in total. The number of nitrogens with one attached hydrogen (secondary N) is 2. The topological polar surface area (TPSA) is 66.6 Å². The van der Waals surface area contributed by atoms with Crippen LogP contribution in [0.15, 0.2) is 40.9 Å². The number of hydrogen-bond acceptors (Lipinski definition) is 3. The van der Waals surface area contributed by atoms with Gasteiger partial charge in [0.2, 0.25) is 0 Å². The second-order valence-corrected chi connectivity index (χ2v) is 6.80. The predicted molar refractivity (Wildman–Crippen MR) is 98.3 cm³/mol. The van der Waals surface area contributed by atoms with Gasteiger partial charge in [-0.05, 0) is 30.3 Å². The smallest absolute Gasteiger partial charge is 0.417 e. The molecule has 4 aromatic rings. The summed E-state index contributed by atoms with van der Waals surface area (Å²) in [5.74, 6) is 0.148. The van der Waals surface area contributed by atoms with Crippen molar-refractivity contribution in [3.05, 3.63) is 52.3 Å². The van der Waals surface area contributed by atoms with E-state index in [9.17, 15) is 17.6 Å². The highest BCUT2D eigenvalue weighted by molar-refractivity contribution is 9.10. The zero-order valence-corrected chi connectivity index (χ0v) is 15.7. The average Bonchev–Trinajstić information content (AvgIpc) is 3.26. The molecule has 2 aromatic heterocycles. The summed E-state index contributed by atoms with van der Waals surface area (Å²) >= 11 is 2.93. The Bertz CT molecular complexity index is 1180. The highest BCUT2D eigenvalue weighted by atomic mass is 79.9.